The first kappa shape index (κ1) is 54.8. The summed E-state index contributed by atoms with van der Waals surface area (Å²) in [5, 5.41) is 57.4. The molecule has 0 aromatic carbocycles. The van der Waals surface area contributed by atoms with Crippen molar-refractivity contribution in [3.63, 3.8) is 0 Å². The molecule has 4 aliphatic carbocycles. The van der Waals surface area contributed by atoms with E-state index in [9.17, 15) is 24.0 Å². The highest BCUT2D eigenvalue weighted by atomic mass is 32.1. The fraction of sp³-hybridized carbons (Fsp3) is 0.705. The fourth-order valence-corrected chi connectivity index (χ4v) is 7.68. The predicted molar refractivity (Wildman–Crippen MR) is 230 cm³/mol. The summed E-state index contributed by atoms with van der Waals surface area (Å²) in [5.41, 5.74) is 1.14. The smallest absolute Gasteiger partial charge is 0.336 e. The second-order valence-electron chi connectivity index (χ2n) is 15.3. The number of carboxylic acids is 4. The van der Waals surface area contributed by atoms with Gasteiger partial charge in [0.15, 0.2) is 6.29 Å². The van der Waals surface area contributed by atoms with Crippen molar-refractivity contribution < 1.29 is 59.3 Å². The quantitative estimate of drug-likeness (QED) is 0.0979. The average Bonchev–Trinajstić information content (AvgIpc) is 4.05. The zero-order valence-corrected chi connectivity index (χ0v) is 36.5. The number of aliphatic hydroxyl groups is 2. The molecule has 4 saturated carbocycles. The van der Waals surface area contributed by atoms with E-state index in [0.717, 1.165) is 30.6 Å². The van der Waals surface area contributed by atoms with Gasteiger partial charge in [0.25, 0.3) is 0 Å². The number of aromatic carboxylic acids is 1. The summed E-state index contributed by atoms with van der Waals surface area (Å²) in [5.74, 6) is -0.438. The second kappa shape index (κ2) is 36.9. The Hall–Kier alpha value is -3.17. The number of methoxy groups -OCH3 is 1. The van der Waals surface area contributed by atoms with Gasteiger partial charge in [-0.15, -0.1) is 0 Å². The average molecular weight is 857 g/mol. The molecule has 2 aromatic rings. The van der Waals surface area contributed by atoms with E-state index in [2.05, 4.69) is 0 Å². The van der Waals surface area contributed by atoms with Gasteiger partial charge in [0.2, 0.25) is 0 Å². The third kappa shape index (κ3) is 31.8. The summed E-state index contributed by atoms with van der Waals surface area (Å²) < 4.78 is 4.70. The minimum absolute atomic E-state index is 0.287. The molecule has 0 spiro atoms. The Kier molecular flexibility index (Phi) is 34.9. The summed E-state index contributed by atoms with van der Waals surface area (Å²) in [6.45, 7) is 3.02. The van der Waals surface area contributed by atoms with E-state index in [-0.39, 0.29) is 5.92 Å². The van der Waals surface area contributed by atoms with Crippen molar-refractivity contribution in [1.29, 1.82) is 0 Å². The van der Waals surface area contributed by atoms with E-state index in [0.29, 0.717) is 62.4 Å². The van der Waals surface area contributed by atoms with Crippen LogP contribution in [0.25, 0.3) is 0 Å². The monoisotopic (exact) mass is 856 g/mol. The standard InChI is InChI=1S/C9H16O2.C8H14O2.C6H12O3.C6H12O.C5H4O2S.C5H4OS.C5H10O/c10-9(11)7-6-8-4-2-1-3-5-8;9-8(10)6-5-7-3-1-2-4-7;1-5(6(7)8)3-4-9-2;7-5-6-3-1-2-4-6;6-5(7)4-1-2-8-3-4;6-3-5-1-2-7-4-5;6-4-5-2-1-3-5/h8H,1-7H2,(H,10,11);7H,1-6H2,(H,9,10);5H,3-4H2,1-2H3,(H,7,8);6-7H,1-5H2;1-3H,(H,6,7);1-4H;5-6H,1-4H2. The predicted octanol–water partition coefficient (Wildman–Crippen LogP) is 10.2. The highest BCUT2D eigenvalue weighted by Gasteiger charge is 2.16. The third-order valence-corrected chi connectivity index (χ3v) is 12.0. The molecule has 0 bridgehead atoms. The van der Waals surface area contributed by atoms with Crippen molar-refractivity contribution in [2.24, 2.45) is 29.6 Å². The van der Waals surface area contributed by atoms with Gasteiger partial charge in [-0.1, -0.05) is 84.0 Å². The first-order valence-electron chi connectivity index (χ1n) is 21.0. The van der Waals surface area contributed by atoms with Gasteiger partial charge in [0.05, 0.1) is 11.5 Å². The Morgan fingerprint density at radius 3 is 1.36 bits per heavy atom. The number of hydrogen-bond donors (Lipinski definition) is 6. The Labute approximate surface area is 354 Å². The number of aliphatic carboxylic acids is 3. The van der Waals surface area contributed by atoms with Gasteiger partial charge in [0, 0.05) is 56.1 Å². The number of rotatable bonds is 14. The van der Waals surface area contributed by atoms with E-state index in [1.807, 2.05) is 10.8 Å². The number of carbonyl (C=O) groups is 5. The van der Waals surface area contributed by atoms with Crippen molar-refractivity contribution in [3.8, 4) is 0 Å². The molecule has 0 radical (unpaired) electrons. The van der Waals surface area contributed by atoms with Gasteiger partial charge >= 0.3 is 23.9 Å². The van der Waals surface area contributed by atoms with Crippen LogP contribution < -0.4 is 0 Å². The maximum absolute atomic E-state index is 10.2. The lowest BCUT2D eigenvalue weighted by Crippen LogP contribution is -2.14. The minimum atomic E-state index is -0.855. The van der Waals surface area contributed by atoms with Gasteiger partial charge in [-0.05, 0) is 91.5 Å². The summed E-state index contributed by atoms with van der Waals surface area (Å²) >= 11 is 2.92. The highest BCUT2D eigenvalue weighted by Crippen LogP contribution is 2.29. The number of ether oxygens (including phenoxy) is 1. The molecule has 2 aromatic heterocycles. The molecule has 4 fully saturated rings. The lowest BCUT2D eigenvalue weighted by atomic mass is 9.86. The number of hydrogen-bond acceptors (Lipinski definition) is 10. The van der Waals surface area contributed by atoms with Gasteiger partial charge in [-0.2, -0.15) is 22.7 Å². The van der Waals surface area contributed by atoms with Crippen LogP contribution in [0.15, 0.2) is 33.7 Å². The first-order chi connectivity index (χ1) is 27.9. The van der Waals surface area contributed by atoms with Crippen LogP contribution in [0, 0.1) is 29.6 Å². The van der Waals surface area contributed by atoms with E-state index < -0.39 is 23.9 Å². The topological polar surface area (TPSA) is 216 Å². The second-order valence-corrected chi connectivity index (χ2v) is 16.9. The van der Waals surface area contributed by atoms with E-state index in [4.69, 9.17) is 35.4 Å². The molecule has 0 amide bonds. The van der Waals surface area contributed by atoms with Crippen LogP contribution in [-0.2, 0) is 19.1 Å². The molecule has 2 heterocycles. The zero-order chi connectivity index (χ0) is 43.4. The van der Waals surface area contributed by atoms with Crippen molar-refractivity contribution in [3.05, 3.63) is 44.8 Å². The Balaban J connectivity index is 0.000000659. The third-order valence-electron chi connectivity index (χ3n) is 10.6. The molecular weight excluding hydrogens is 785 g/mol. The van der Waals surface area contributed by atoms with Gasteiger partial charge in [-0.25, -0.2) is 4.79 Å². The maximum atomic E-state index is 10.2. The highest BCUT2D eigenvalue weighted by molar-refractivity contribution is 7.08. The maximum Gasteiger partial charge on any atom is 0.336 e. The Morgan fingerprint density at radius 1 is 0.672 bits per heavy atom. The van der Waals surface area contributed by atoms with E-state index >= 15 is 0 Å². The lowest BCUT2D eigenvalue weighted by Gasteiger charge is -2.21. The van der Waals surface area contributed by atoms with Crippen LogP contribution in [0.5, 0.6) is 0 Å². The van der Waals surface area contributed by atoms with Crippen molar-refractivity contribution in [2.75, 3.05) is 26.9 Å². The van der Waals surface area contributed by atoms with Crippen molar-refractivity contribution in [1.82, 2.24) is 0 Å². The van der Waals surface area contributed by atoms with Crippen LogP contribution in [0.2, 0.25) is 0 Å². The first-order valence-corrected chi connectivity index (χ1v) is 22.8. The lowest BCUT2D eigenvalue weighted by molar-refractivity contribution is -0.142. The van der Waals surface area contributed by atoms with Crippen molar-refractivity contribution in [2.45, 2.75) is 142 Å². The van der Waals surface area contributed by atoms with Crippen molar-refractivity contribution >= 4 is 52.8 Å². The molecule has 12 nitrogen and oxygen atoms in total. The summed E-state index contributed by atoms with van der Waals surface area (Å²) in [7, 11) is 1.56. The molecule has 332 valence electrons. The number of aldehydes is 1. The largest absolute Gasteiger partial charge is 0.481 e. The molecule has 1 atom stereocenters. The van der Waals surface area contributed by atoms with Gasteiger partial charge in [0.1, 0.15) is 0 Å². The summed E-state index contributed by atoms with van der Waals surface area (Å²) in [4.78, 5) is 50.5. The van der Waals surface area contributed by atoms with Crippen LogP contribution in [-0.4, -0.2) is 87.7 Å². The molecule has 0 saturated heterocycles. The SMILES string of the molecule is COCCC(C)C(=O)O.O=C(O)CCC1CCCC1.O=C(O)CCC1CCCCC1.O=C(O)c1ccsc1.O=Cc1ccsc1.OCC1CCC1.OCC1CCCC1. The van der Waals surface area contributed by atoms with Gasteiger partial charge < -0.3 is 35.4 Å². The molecule has 1 unspecified atom stereocenters. The Bertz CT molecular complexity index is 1280. The van der Waals surface area contributed by atoms with Crippen LogP contribution in [0.1, 0.15) is 162 Å². The molecule has 0 aliphatic heterocycles. The molecule has 4 aliphatic rings. The summed E-state index contributed by atoms with van der Waals surface area (Å²) in [6, 6.07) is 3.37. The molecule has 6 rings (SSSR count). The Morgan fingerprint density at radius 2 is 1.10 bits per heavy atom. The van der Waals surface area contributed by atoms with Crippen LogP contribution >= 0.6 is 22.7 Å². The van der Waals surface area contributed by atoms with E-state index in [1.54, 1.807) is 36.9 Å². The fourth-order valence-electron chi connectivity index (χ4n) is 6.44. The zero-order valence-electron chi connectivity index (χ0n) is 34.8. The number of carbonyl (C=O) groups excluding carboxylic acids is 1. The summed E-state index contributed by atoms with van der Waals surface area (Å²) in [6.07, 6.45) is 24.6. The van der Waals surface area contributed by atoms with E-state index in [1.165, 1.54) is 125 Å². The number of aliphatic hydroxyl groups excluding tert-OH is 2. The molecule has 6 N–H and O–H groups in total. The minimum Gasteiger partial charge on any atom is -0.481 e. The van der Waals surface area contributed by atoms with Crippen LogP contribution in [0.3, 0.4) is 0 Å². The number of carboxylic acid groups (broad SMARTS) is 4. The van der Waals surface area contributed by atoms with Gasteiger partial charge in [-0.3, -0.25) is 19.2 Å². The van der Waals surface area contributed by atoms with Crippen LogP contribution in [0.4, 0.5) is 0 Å². The molecule has 14 heteroatoms. The normalized spacial score (nSPS) is 16.8. The molecule has 58 heavy (non-hydrogen) atoms. The number of thiophene rings is 2. The molecular formula is C44H72O12S2.